The summed E-state index contributed by atoms with van der Waals surface area (Å²) in [4.78, 5) is 24.6. The van der Waals surface area contributed by atoms with Crippen LogP contribution >= 0.6 is 27.5 Å². The molecule has 1 fully saturated rings. The maximum absolute atomic E-state index is 12.3. The first-order valence-corrected chi connectivity index (χ1v) is 7.15. The van der Waals surface area contributed by atoms with Crippen LogP contribution in [0.4, 0.5) is 5.69 Å². The van der Waals surface area contributed by atoms with E-state index in [0.717, 1.165) is 12.8 Å². The average molecular weight is 348 g/mol. The van der Waals surface area contributed by atoms with Crippen LogP contribution in [0.1, 0.15) is 23.2 Å². The largest absolute Gasteiger partial charge is 0.339 e. The fourth-order valence-corrected chi connectivity index (χ4v) is 2.68. The summed E-state index contributed by atoms with van der Waals surface area (Å²) in [5.74, 6) is -0.204. The fourth-order valence-electron chi connectivity index (χ4n) is 2.04. The molecule has 102 valence electrons. The number of nitro benzene ring substituents is 1. The van der Waals surface area contributed by atoms with E-state index in [2.05, 4.69) is 15.9 Å². The molecule has 0 unspecified atom stereocenters. The summed E-state index contributed by atoms with van der Waals surface area (Å²) in [5.41, 5.74) is 0.110. The number of hydrogen-bond donors (Lipinski definition) is 0. The summed E-state index contributed by atoms with van der Waals surface area (Å²) in [5, 5.41) is 11.0. The van der Waals surface area contributed by atoms with Crippen LogP contribution in [-0.2, 0) is 0 Å². The summed E-state index contributed by atoms with van der Waals surface area (Å²) in [6.45, 7) is 1.30. The molecule has 0 saturated carbocycles. The lowest BCUT2D eigenvalue weighted by molar-refractivity contribution is -0.384. The lowest BCUT2D eigenvalue weighted by atomic mass is 10.1. The van der Waals surface area contributed by atoms with Crippen molar-refractivity contribution in [3.8, 4) is 0 Å². The summed E-state index contributed by atoms with van der Waals surface area (Å²) >= 11 is 9.33. The highest BCUT2D eigenvalue weighted by Crippen LogP contribution is 2.24. The molecule has 19 heavy (non-hydrogen) atoms. The molecule has 0 bridgehead atoms. The Kier molecular flexibility index (Phi) is 4.42. The molecule has 0 aliphatic carbocycles. The third-order valence-corrected chi connectivity index (χ3v) is 4.19. The lowest BCUT2D eigenvalue weighted by Crippen LogP contribution is -2.38. The van der Waals surface area contributed by atoms with E-state index >= 15 is 0 Å². The fraction of sp³-hybridized carbons (Fsp3) is 0.417. The molecule has 1 amide bonds. The Bertz CT molecular complexity index is 516. The normalized spacial score (nSPS) is 16.4. The van der Waals surface area contributed by atoms with Crippen molar-refractivity contribution < 1.29 is 9.72 Å². The first kappa shape index (κ1) is 14.3. The molecule has 1 aromatic rings. The molecule has 1 aromatic carbocycles. The van der Waals surface area contributed by atoms with E-state index in [1.54, 1.807) is 4.90 Å². The molecular formula is C12H12BrClN2O3. The zero-order valence-corrected chi connectivity index (χ0v) is 12.4. The number of alkyl halides is 1. The van der Waals surface area contributed by atoms with Gasteiger partial charge in [0, 0.05) is 40.6 Å². The molecule has 0 aromatic heterocycles. The highest BCUT2D eigenvalue weighted by molar-refractivity contribution is 9.09. The van der Waals surface area contributed by atoms with E-state index in [0.29, 0.717) is 17.9 Å². The SMILES string of the molecule is O=C(c1cc(Cl)cc([N+](=O)[O-])c1)N1CCC(Br)CC1. The molecule has 2 rings (SSSR count). The summed E-state index contributed by atoms with van der Waals surface area (Å²) in [7, 11) is 0. The number of likely N-dealkylation sites (tertiary alicyclic amines) is 1. The summed E-state index contributed by atoms with van der Waals surface area (Å²) in [6.07, 6.45) is 1.77. The number of amides is 1. The van der Waals surface area contributed by atoms with Crippen LogP contribution in [0.2, 0.25) is 5.02 Å². The van der Waals surface area contributed by atoms with Crippen molar-refractivity contribution >= 4 is 39.1 Å². The Morgan fingerprint density at radius 1 is 1.37 bits per heavy atom. The van der Waals surface area contributed by atoms with Crippen LogP contribution in [0.15, 0.2) is 18.2 Å². The molecule has 1 aliphatic heterocycles. The number of carbonyl (C=O) groups excluding carboxylic acids is 1. The van der Waals surface area contributed by atoms with Crippen LogP contribution in [0.3, 0.4) is 0 Å². The molecule has 0 radical (unpaired) electrons. The Hall–Kier alpha value is -1.14. The smallest absolute Gasteiger partial charge is 0.271 e. The average Bonchev–Trinajstić information content (AvgIpc) is 2.38. The van der Waals surface area contributed by atoms with Gasteiger partial charge in [-0.1, -0.05) is 27.5 Å². The number of benzene rings is 1. The third kappa shape index (κ3) is 3.45. The molecular weight excluding hydrogens is 336 g/mol. The highest BCUT2D eigenvalue weighted by Gasteiger charge is 2.23. The van der Waals surface area contributed by atoms with Gasteiger partial charge in [0.2, 0.25) is 0 Å². The van der Waals surface area contributed by atoms with Gasteiger partial charge in [-0.05, 0) is 18.9 Å². The van der Waals surface area contributed by atoms with Crippen molar-refractivity contribution in [3.63, 3.8) is 0 Å². The predicted molar refractivity (Wildman–Crippen MR) is 76.0 cm³/mol. The highest BCUT2D eigenvalue weighted by atomic mass is 79.9. The van der Waals surface area contributed by atoms with E-state index in [1.165, 1.54) is 18.2 Å². The van der Waals surface area contributed by atoms with Crippen LogP contribution in [0.5, 0.6) is 0 Å². The second-order valence-electron chi connectivity index (χ2n) is 4.42. The second kappa shape index (κ2) is 5.88. The van der Waals surface area contributed by atoms with Gasteiger partial charge in [0.1, 0.15) is 0 Å². The molecule has 0 N–H and O–H groups in total. The third-order valence-electron chi connectivity index (χ3n) is 3.05. The number of piperidine rings is 1. The second-order valence-corrected chi connectivity index (χ2v) is 6.15. The first-order chi connectivity index (χ1) is 8.97. The van der Waals surface area contributed by atoms with Gasteiger partial charge >= 0.3 is 0 Å². The maximum atomic E-state index is 12.3. The van der Waals surface area contributed by atoms with Crippen molar-refractivity contribution in [3.05, 3.63) is 38.9 Å². The van der Waals surface area contributed by atoms with Gasteiger partial charge < -0.3 is 4.90 Å². The Balaban J connectivity index is 2.21. The summed E-state index contributed by atoms with van der Waals surface area (Å²) < 4.78 is 0. The Morgan fingerprint density at radius 2 is 2.00 bits per heavy atom. The molecule has 0 spiro atoms. The van der Waals surface area contributed by atoms with E-state index in [9.17, 15) is 14.9 Å². The van der Waals surface area contributed by atoms with Crippen LogP contribution in [-0.4, -0.2) is 33.6 Å². The molecule has 7 heteroatoms. The predicted octanol–water partition coefficient (Wildman–Crippen LogP) is 3.25. The first-order valence-electron chi connectivity index (χ1n) is 5.85. The van der Waals surface area contributed by atoms with Gasteiger partial charge in [0.05, 0.1) is 4.92 Å². The number of rotatable bonds is 2. The van der Waals surface area contributed by atoms with Gasteiger partial charge in [0.15, 0.2) is 0 Å². The number of nitro groups is 1. The van der Waals surface area contributed by atoms with Crippen molar-refractivity contribution in [2.75, 3.05) is 13.1 Å². The van der Waals surface area contributed by atoms with Crippen molar-refractivity contribution in [1.82, 2.24) is 4.90 Å². The zero-order chi connectivity index (χ0) is 14.0. The minimum Gasteiger partial charge on any atom is -0.339 e. The number of nitrogens with zero attached hydrogens (tertiary/aromatic N) is 2. The Labute approximate surface area is 123 Å². The lowest BCUT2D eigenvalue weighted by Gasteiger charge is -2.29. The quantitative estimate of drug-likeness (QED) is 0.469. The number of hydrogen-bond acceptors (Lipinski definition) is 3. The molecule has 1 aliphatic rings. The number of halogens is 2. The van der Waals surface area contributed by atoms with Crippen molar-refractivity contribution in [1.29, 1.82) is 0 Å². The van der Waals surface area contributed by atoms with Crippen molar-refractivity contribution in [2.45, 2.75) is 17.7 Å². The number of carbonyl (C=O) groups is 1. The number of non-ortho nitro benzene ring substituents is 1. The van der Waals surface area contributed by atoms with Gasteiger partial charge in [-0.3, -0.25) is 14.9 Å². The monoisotopic (exact) mass is 346 g/mol. The van der Waals surface area contributed by atoms with E-state index in [4.69, 9.17) is 11.6 Å². The van der Waals surface area contributed by atoms with Gasteiger partial charge in [0.25, 0.3) is 11.6 Å². The zero-order valence-electron chi connectivity index (χ0n) is 10.0. The van der Waals surface area contributed by atoms with Crippen LogP contribution < -0.4 is 0 Å². The van der Waals surface area contributed by atoms with Gasteiger partial charge in [-0.2, -0.15) is 0 Å². The standard InChI is InChI=1S/C12H12BrClN2O3/c13-9-1-3-15(4-2-9)12(17)8-5-10(14)7-11(6-8)16(18)19/h5-7,9H,1-4H2. The van der Waals surface area contributed by atoms with Crippen LogP contribution in [0, 0.1) is 10.1 Å². The van der Waals surface area contributed by atoms with E-state index in [1.807, 2.05) is 0 Å². The van der Waals surface area contributed by atoms with E-state index < -0.39 is 4.92 Å². The molecule has 0 atom stereocenters. The minimum absolute atomic E-state index is 0.161. The van der Waals surface area contributed by atoms with Gasteiger partial charge in [-0.25, -0.2) is 0 Å². The van der Waals surface area contributed by atoms with Gasteiger partial charge in [-0.15, -0.1) is 0 Å². The minimum atomic E-state index is -0.548. The molecule has 1 heterocycles. The molecule has 1 saturated heterocycles. The maximum Gasteiger partial charge on any atom is 0.271 e. The van der Waals surface area contributed by atoms with Crippen LogP contribution in [0.25, 0.3) is 0 Å². The Morgan fingerprint density at radius 3 is 2.58 bits per heavy atom. The van der Waals surface area contributed by atoms with E-state index in [-0.39, 0.29) is 22.2 Å². The topological polar surface area (TPSA) is 63.4 Å². The van der Waals surface area contributed by atoms with Crippen molar-refractivity contribution in [2.24, 2.45) is 0 Å². The summed E-state index contributed by atoms with van der Waals surface area (Å²) in [6, 6.07) is 3.98. The molecule has 5 nitrogen and oxygen atoms in total.